The van der Waals surface area contributed by atoms with E-state index in [0.717, 1.165) is 0 Å². The van der Waals surface area contributed by atoms with Crippen LogP contribution in [0.3, 0.4) is 0 Å². The van der Waals surface area contributed by atoms with Gasteiger partial charge in [-0.2, -0.15) is 5.53 Å². The number of hydrogen-bond acceptors (Lipinski definition) is 5. The Labute approximate surface area is 66.8 Å². The van der Waals surface area contributed by atoms with Gasteiger partial charge in [0, 0.05) is 17.3 Å². The van der Waals surface area contributed by atoms with Gasteiger partial charge in [0.1, 0.15) is 0 Å². The molecule has 0 aliphatic rings. The molecule has 0 saturated carbocycles. The summed E-state index contributed by atoms with van der Waals surface area (Å²) in [5.74, 6) is 0.223. The molecule has 12 heavy (non-hydrogen) atoms. The Morgan fingerprint density at radius 2 is 2.25 bits per heavy atom. The Hall–Kier alpha value is -2.21. The molecule has 0 saturated heterocycles. The fraction of sp³-hybridized carbons (Fsp3) is 0. The summed E-state index contributed by atoms with van der Waals surface area (Å²) in [6.07, 6.45) is 2.77. The molecule has 1 heterocycles. The van der Waals surface area contributed by atoms with Gasteiger partial charge in [-0.3, -0.25) is 0 Å². The van der Waals surface area contributed by atoms with E-state index in [2.05, 4.69) is 30.6 Å². The van der Waals surface area contributed by atoms with E-state index in [-0.39, 0.29) is 11.6 Å². The Morgan fingerprint density at radius 3 is 2.92 bits per heavy atom. The van der Waals surface area contributed by atoms with Gasteiger partial charge in [-0.15, -0.1) is 0 Å². The zero-order chi connectivity index (χ0) is 8.81. The normalized spacial score (nSPS) is 8.33. The van der Waals surface area contributed by atoms with Crippen LogP contribution in [0.1, 0.15) is 0 Å². The molecule has 1 rings (SSSR count). The fourth-order valence-corrected chi connectivity index (χ4v) is 0.578. The number of nitrogens with zero attached hydrogens (tertiary/aromatic N) is 6. The largest absolute Gasteiger partial charge is 0.249 e. The Balaban J connectivity index is 3.07. The molecule has 1 aromatic heterocycles. The number of aromatic nitrogens is 2. The first kappa shape index (κ1) is 7.89. The molecule has 0 bridgehead atoms. The molecule has 60 valence electrons. The van der Waals surface area contributed by atoms with Gasteiger partial charge in [0.2, 0.25) is 0 Å². The Bertz CT molecular complexity index is 326. The van der Waals surface area contributed by atoms with Crippen LogP contribution in [0, 0.1) is 5.53 Å². The zero-order valence-electron chi connectivity index (χ0n) is 5.84. The summed E-state index contributed by atoms with van der Waals surface area (Å²) in [5, 5.41) is 6.09. The van der Waals surface area contributed by atoms with E-state index in [1.54, 1.807) is 0 Å². The van der Waals surface area contributed by atoms with E-state index < -0.39 is 0 Å². The summed E-state index contributed by atoms with van der Waals surface area (Å²) in [6.45, 7) is 0. The van der Waals surface area contributed by atoms with Crippen molar-refractivity contribution in [1.82, 2.24) is 9.97 Å². The first-order valence-corrected chi connectivity index (χ1v) is 2.87. The summed E-state index contributed by atoms with van der Waals surface area (Å²) in [5.41, 5.74) is 16.8. The molecule has 0 aliphatic carbocycles. The summed E-state index contributed by atoms with van der Waals surface area (Å²) in [4.78, 5) is 9.96. The average molecular weight is 164 g/mol. The highest BCUT2D eigenvalue weighted by Gasteiger charge is 1.99. The third-order valence-corrected chi connectivity index (χ3v) is 0.980. The predicted molar refractivity (Wildman–Crippen MR) is 39.6 cm³/mol. The minimum Gasteiger partial charge on any atom is -0.249 e. The van der Waals surface area contributed by atoms with Gasteiger partial charge in [0.25, 0.3) is 0 Å². The van der Waals surface area contributed by atoms with Gasteiger partial charge in [-0.1, -0.05) is 5.22 Å². The average Bonchev–Trinajstić information content (AvgIpc) is 2.09. The number of anilines is 1. The number of rotatable bonds is 3. The van der Waals surface area contributed by atoms with Crippen molar-refractivity contribution in [3.05, 3.63) is 22.8 Å². The Kier molecular flexibility index (Phi) is 2.52. The zero-order valence-corrected chi connectivity index (χ0v) is 5.84. The lowest BCUT2D eigenvalue weighted by Gasteiger charge is -1.97. The summed E-state index contributed by atoms with van der Waals surface area (Å²) in [6, 6.07) is 0. The fourth-order valence-electron chi connectivity index (χ4n) is 0.578. The van der Waals surface area contributed by atoms with Crippen LogP contribution in [0.4, 0.5) is 11.6 Å². The van der Waals surface area contributed by atoms with E-state index in [1.165, 1.54) is 12.4 Å². The first-order valence-electron chi connectivity index (χ1n) is 2.87. The molecule has 1 aromatic rings. The van der Waals surface area contributed by atoms with Gasteiger partial charge in [-0.25, -0.2) is 15.4 Å². The summed E-state index contributed by atoms with van der Waals surface area (Å²) in [7, 11) is 0. The second-order valence-corrected chi connectivity index (χ2v) is 1.64. The van der Waals surface area contributed by atoms with E-state index in [9.17, 15) is 0 Å². The molecule has 0 atom stereocenters. The van der Waals surface area contributed by atoms with E-state index in [4.69, 9.17) is 11.1 Å². The minimum atomic E-state index is 0.0657. The molecular weight excluding hydrogens is 160 g/mol. The highest BCUT2D eigenvalue weighted by atomic mass is 15.4. The second kappa shape index (κ2) is 3.84. The number of hydrogen-bond donors (Lipinski definition) is 2. The van der Waals surface area contributed by atoms with Crippen molar-refractivity contribution in [2.45, 2.75) is 0 Å². The van der Waals surface area contributed by atoms with Crippen molar-refractivity contribution in [2.75, 3.05) is 5.43 Å². The molecule has 2 N–H and O–H groups in total. The lowest BCUT2D eigenvalue weighted by molar-refractivity contribution is 1.02. The van der Waals surface area contributed by atoms with E-state index in [1.807, 2.05) is 0 Å². The van der Waals surface area contributed by atoms with Gasteiger partial charge in [-0.05, 0) is 10.6 Å². The first-order chi connectivity index (χ1) is 5.88. The molecule has 8 heteroatoms. The lowest BCUT2D eigenvalue weighted by atomic mass is 10.6. The smallest absolute Gasteiger partial charge is 0.176 e. The van der Waals surface area contributed by atoms with E-state index >= 15 is 0 Å². The molecular formula is C4H4N8. The molecule has 0 radical (unpaired) electrons. The van der Waals surface area contributed by atoms with Crippen molar-refractivity contribution in [3.8, 4) is 0 Å². The molecule has 0 spiro atoms. The van der Waals surface area contributed by atoms with Crippen molar-refractivity contribution in [3.63, 3.8) is 0 Å². The second-order valence-electron chi connectivity index (χ2n) is 1.64. The monoisotopic (exact) mass is 164 g/mol. The lowest BCUT2D eigenvalue weighted by Crippen LogP contribution is -1.91. The van der Waals surface area contributed by atoms with Gasteiger partial charge >= 0.3 is 0 Å². The van der Waals surface area contributed by atoms with Crippen LogP contribution in [-0.4, -0.2) is 9.97 Å². The third-order valence-electron chi connectivity index (χ3n) is 0.980. The maximum absolute atomic E-state index is 8.10. The van der Waals surface area contributed by atoms with Gasteiger partial charge in [0.15, 0.2) is 11.6 Å². The maximum atomic E-state index is 8.10. The summed E-state index contributed by atoms with van der Waals surface area (Å²) >= 11 is 0. The molecule has 8 nitrogen and oxygen atoms in total. The Morgan fingerprint density at radius 1 is 1.50 bits per heavy atom. The van der Waals surface area contributed by atoms with Crippen molar-refractivity contribution < 1.29 is 0 Å². The molecule has 0 aromatic carbocycles. The van der Waals surface area contributed by atoms with Crippen LogP contribution in [0.15, 0.2) is 22.7 Å². The number of azide groups is 1. The van der Waals surface area contributed by atoms with Crippen LogP contribution < -0.4 is 5.43 Å². The standard InChI is InChI=1S/C4H4N8/c5-11-9-3-4(10-12-6)8-2-1-7-3/h1-2H,(H2,5,7,9). The molecule has 0 amide bonds. The van der Waals surface area contributed by atoms with Crippen LogP contribution >= 0.6 is 0 Å². The van der Waals surface area contributed by atoms with Crippen LogP contribution in [0.25, 0.3) is 10.4 Å². The van der Waals surface area contributed by atoms with Crippen LogP contribution in [0.2, 0.25) is 0 Å². The third kappa shape index (κ3) is 1.64. The highest BCUT2D eigenvalue weighted by molar-refractivity contribution is 5.53. The molecule has 0 fully saturated rings. The van der Waals surface area contributed by atoms with Gasteiger partial charge < -0.3 is 0 Å². The quantitative estimate of drug-likeness (QED) is 0.306. The SMILES string of the molecule is [N-]=[N+]=Nc1nccnc1NN=N. The van der Waals surface area contributed by atoms with Crippen LogP contribution in [-0.2, 0) is 0 Å². The van der Waals surface area contributed by atoms with Crippen molar-refractivity contribution >= 4 is 11.6 Å². The number of nitrogens with one attached hydrogen (secondary N) is 2. The highest BCUT2D eigenvalue weighted by Crippen LogP contribution is 2.17. The minimum absolute atomic E-state index is 0.0657. The van der Waals surface area contributed by atoms with Crippen LogP contribution in [0.5, 0.6) is 0 Å². The van der Waals surface area contributed by atoms with Crippen molar-refractivity contribution in [2.24, 2.45) is 10.3 Å². The topological polar surface area (TPSA) is 123 Å². The summed E-state index contributed by atoms with van der Waals surface area (Å²) < 4.78 is 0. The van der Waals surface area contributed by atoms with Gasteiger partial charge in [0.05, 0.1) is 0 Å². The molecule has 0 aliphatic heterocycles. The molecule has 0 unspecified atom stereocenters. The van der Waals surface area contributed by atoms with Crippen molar-refractivity contribution in [1.29, 1.82) is 5.53 Å². The maximum Gasteiger partial charge on any atom is 0.176 e. The predicted octanol–water partition coefficient (Wildman–Crippen LogP) is 1.78. The van der Waals surface area contributed by atoms with E-state index in [0.29, 0.717) is 0 Å².